The van der Waals surface area contributed by atoms with Gasteiger partial charge in [-0.15, -0.1) is 0 Å². The molecule has 0 aliphatic carbocycles. The third-order valence-electron chi connectivity index (χ3n) is 1.24. The number of carbonyl (C=O) groups is 1. The van der Waals surface area contributed by atoms with Crippen molar-refractivity contribution in [3.63, 3.8) is 0 Å². The van der Waals surface area contributed by atoms with E-state index in [4.69, 9.17) is 10.8 Å². The molecule has 0 saturated heterocycles. The molecule has 0 saturated carbocycles. The lowest BCUT2D eigenvalue weighted by Gasteiger charge is -1.98. The summed E-state index contributed by atoms with van der Waals surface area (Å²) in [5.41, 5.74) is 4.49. The number of hydrogen-bond donors (Lipinski definition) is 2. The second-order valence-electron chi connectivity index (χ2n) is 2.00. The lowest BCUT2D eigenvalue weighted by molar-refractivity contribution is 0.0995. The fourth-order valence-corrected chi connectivity index (χ4v) is 0.710. The third kappa shape index (κ3) is 1.29. The number of rotatable bonds is 1. The summed E-state index contributed by atoms with van der Waals surface area (Å²) < 4.78 is 12.7. The smallest absolute Gasteiger partial charge is 0.251 e. The molecule has 58 valence electrons. The third-order valence-corrected chi connectivity index (χ3v) is 1.24. The van der Waals surface area contributed by atoms with Gasteiger partial charge in [-0.1, -0.05) is 6.07 Å². The highest BCUT2D eigenvalue weighted by molar-refractivity contribution is 5.93. The summed E-state index contributed by atoms with van der Waals surface area (Å²) in [6.45, 7) is 0. The zero-order chi connectivity index (χ0) is 8.43. The molecule has 0 aromatic heterocycles. The maximum Gasteiger partial charge on any atom is 0.251 e. The number of phenols is 1. The van der Waals surface area contributed by atoms with Crippen LogP contribution in [0.15, 0.2) is 18.2 Å². The highest BCUT2D eigenvalue weighted by Crippen LogP contribution is 2.17. The molecule has 0 heterocycles. The van der Waals surface area contributed by atoms with E-state index in [0.29, 0.717) is 0 Å². The van der Waals surface area contributed by atoms with Gasteiger partial charge in [0.1, 0.15) is 0 Å². The first kappa shape index (κ1) is 7.53. The predicted octanol–water partition coefficient (Wildman–Crippen LogP) is 0.630. The van der Waals surface area contributed by atoms with Crippen LogP contribution in [0.5, 0.6) is 5.75 Å². The Morgan fingerprint density at radius 1 is 1.55 bits per heavy atom. The predicted molar refractivity (Wildman–Crippen MR) is 36.6 cm³/mol. The van der Waals surface area contributed by atoms with E-state index in [1.807, 2.05) is 0 Å². The van der Waals surface area contributed by atoms with Crippen molar-refractivity contribution in [2.45, 2.75) is 0 Å². The van der Waals surface area contributed by atoms with E-state index in [1.54, 1.807) is 0 Å². The molecule has 0 radical (unpaired) electrons. The lowest BCUT2D eigenvalue weighted by atomic mass is 10.2. The molecule has 0 unspecified atom stereocenters. The van der Waals surface area contributed by atoms with Crippen LogP contribution in [0.2, 0.25) is 0 Å². The quantitative estimate of drug-likeness (QED) is 0.624. The van der Waals surface area contributed by atoms with Gasteiger partial charge in [-0.2, -0.15) is 0 Å². The average molecular weight is 155 g/mol. The molecule has 1 rings (SSSR count). The van der Waals surface area contributed by atoms with Crippen molar-refractivity contribution < 1.29 is 14.3 Å². The standard InChI is InChI=1S/C7H6FNO2/c8-6-4(7(9)11)2-1-3-5(6)10/h1-3,10H,(H2,9,11). The van der Waals surface area contributed by atoms with Gasteiger partial charge in [0.15, 0.2) is 11.6 Å². The second kappa shape index (κ2) is 2.57. The van der Waals surface area contributed by atoms with Gasteiger partial charge >= 0.3 is 0 Å². The van der Waals surface area contributed by atoms with Crippen LogP contribution < -0.4 is 5.73 Å². The molecule has 1 aromatic rings. The number of nitrogens with two attached hydrogens (primary N) is 1. The summed E-state index contributed by atoms with van der Waals surface area (Å²) in [4.78, 5) is 10.4. The number of phenolic OH excluding ortho intramolecular Hbond substituents is 1. The minimum atomic E-state index is -0.972. The number of carbonyl (C=O) groups excluding carboxylic acids is 1. The van der Waals surface area contributed by atoms with Gasteiger partial charge in [-0.25, -0.2) is 4.39 Å². The molecular weight excluding hydrogens is 149 g/mol. The van der Waals surface area contributed by atoms with Crippen LogP contribution >= 0.6 is 0 Å². The topological polar surface area (TPSA) is 63.3 Å². The van der Waals surface area contributed by atoms with Crippen molar-refractivity contribution in [3.8, 4) is 5.75 Å². The van der Waals surface area contributed by atoms with Gasteiger partial charge in [0, 0.05) is 0 Å². The molecule has 0 aliphatic heterocycles. The van der Waals surface area contributed by atoms with Gasteiger partial charge in [-0.05, 0) is 12.1 Å². The molecule has 0 fully saturated rings. The van der Waals surface area contributed by atoms with E-state index < -0.39 is 17.5 Å². The summed E-state index contributed by atoms with van der Waals surface area (Å²) in [5.74, 6) is -2.43. The summed E-state index contributed by atoms with van der Waals surface area (Å²) in [7, 11) is 0. The monoisotopic (exact) mass is 155 g/mol. The lowest BCUT2D eigenvalue weighted by Crippen LogP contribution is -2.12. The number of amides is 1. The fourth-order valence-electron chi connectivity index (χ4n) is 0.710. The van der Waals surface area contributed by atoms with Crippen LogP contribution in [0.1, 0.15) is 10.4 Å². The molecule has 1 aromatic carbocycles. The van der Waals surface area contributed by atoms with E-state index in [1.165, 1.54) is 12.1 Å². The maximum atomic E-state index is 12.7. The number of primary amides is 1. The van der Waals surface area contributed by atoms with E-state index in [9.17, 15) is 9.18 Å². The fraction of sp³-hybridized carbons (Fsp3) is 0. The minimum Gasteiger partial charge on any atom is -0.505 e. The molecule has 0 bridgehead atoms. The van der Waals surface area contributed by atoms with E-state index in [2.05, 4.69) is 0 Å². The normalized spacial score (nSPS) is 9.55. The summed E-state index contributed by atoms with van der Waals surface area (Å²) in [6.07, 6.45) is 0. The SMILES string of the molecule is NC(=O)c1cccc(O)c1F. The maximum absolute atomic E-state index is 12.7. The van der Waals surface area contributed by atoms with Crippen molar-refractivity contribution in [3.05, 3.63) is 29.6 Å². The Kier molecular flexibility index (Phi) is 1.76. The first-order chi connectivity index (χ1) is 5.13. The molecule has 0 spiro atoms. The Bertz CT molecular complexity index is 298. The highest BCUT2D eigenvalue weighted by atomic mass is 19.1. The van der Waals surface area contributed by atoms with Crippen LogP contribution in [0.4, 0.5) is 4.39 Å². The van der Waals surface area contributed by atoms with Crippen LogP contribution in [-0.4, -0.2) is 11.0 Å². The minimum absolute atomic E-state index is 0.301. The van der Waals surface area contributed by atoms with Crippen LogP contribution in [0, 0.1) is 5.82 Å². The molecule has 0 aliphatic rings. The van der Waals surface area contributed by atoms with Gasteiger partial charge in [0.2, 0.25) is 0 Å². The van der Waals surface area contributed by atoms with E-state index in [0.717, 1.165) is 6.07 Å². The Morgan fingerprint density at radius 3 is 2.64 bits per heavy atom. The first-order valence-electron chi connectivity index (χ1n) is 2.90. The van der Waals surface area contributed by atoms with Gasteiger partial charge in [0.25, 0.3) is 5.91 Å². The zero-order valence-electron chi connectivity index (χ0n) is 5.54. The summed E-state index contributed by atoms with van der Waals surface area (Å²) >= 11 is 0. The average Bonchev–Trinajstić information content (AvgIpc) is 1.94. The molecule has 3 N–H and O–H groups in total. The molecular formula is C7H6FNO2. The Hall–Kier alpha value is -1.58. The van der Waals surface area contributed by atoms with Crippen LogP contribution in [0.25, 0.3) is 0 Å². The highest BCUT2D eigenvalue weighted by Gasteiger charge is 2.10. The van der Waals surface area contributed by atoms with Gasteiger partial charge < -0.3 is 10.8 Å². The molecule has 1 amide bonds. The summed E-state index contributed by atoms with van der Waals surface area (Å²) in [6, 6.07) is 3.69. The molecule has 3 nitrogen and oxygen atoms in total. The summed E-state index contributed by atoms with van der Waals surface area (Å²) in [5, 5.41) is 8.77. The molecule has 4 heteroatoms. The van der Waals surface area contributed by atoms with Crippen LogP contribution in [-0.2, 0) is 0 Å². The van der Waals surface area contributed by atoms with Crippen molar-refractivity contribution in [2.75, 3.05) is 0 Å². The van der Waals surface area contributed by atoms with Crippen molar-refractivity contribution in [1.29, 1.82) is 0 Å². The van der Waals surface area contributed by atoms with E-state index in [-0.39, 0.29) is 5.56 Å². The van der Waals surface area contributed by atoms with Crippen molar-refractivity contribution in [1.82, 2.24) is 0 Å². The first-order valence-corrected chi connectivity index (χ1v) is 2.90. The Balaban J connectivity index is 3.27. The number of halogens is 1. The zero-order valence-corrected chi connectivity index (χ0v) is 5.54. The second-order valence-corrected chi connectivity index (χ2v) is 2.00. The number of hydrogen-bond acceptors (Lipinski definition) is 2. The Labute approximate surface area is 62.3 Å². The van der Waals surface area contributed by atoms with Crippen molar-refractivity contribution in [2.24, 2.45) is 5.73 Å². The van der Waals surface area contributed by atoms with Gasteiger partial charge in [0.05, 0.1) is 5.56 Å². The van der Waals surface area contributed by atoms with Gasteiger partial charge in [-0.3, -0.25) is 4.79 Å². The van der Waals surface area contributed by atoms with E-state index >= 15 is 0 Å². The Morgan fingerprint density at radius 2 is 2.18 bits per heavy atom. The van der Waals surface area contributed by atoms with Crippen LogP contribution in [0.3, 0.4) is 0 Å². The number of benzene rings is 1. The molecule has 0 atom stereocenters. The van der Waals surface area contributed by atoms with Crippen molar-refractivity contribution >= 4 is 5.91 Å². The number of aromatic hydroxyl groups is 1. The largest absolute Gasteiger partial charge is 0.505 e. The molecule has 11 heavy (non-hydrogen) atoms.